The van der Waals surface area contributed by atoms with E-state index in [9.17, 15) is 5.11 Å². The molecule has 0 spiro atoms. The van der Waals surface area contributed by atoms with Crippen LogP contribution < -0.4 is 4.74 Å². The second-order valence-electron chi connectivity index (χ2n) is 5.95. The number of nitrogens with zero attached hydrogens (tertiary/aromatic N) is 2. The Morgan fingerprint density at radius 2 is 2.10 bits per heavy atom. The van der Waals surface area contributed by atoms with Gasteiger partial charge in [-0.05, 0) is 46.5 Å². The minimum absolute atomic E-state index is 0.464. The van der Waals surface area contributed by atoms with Crippen molar-refractivity contribution in [3.63, 3.8) is 0 Å². The topological polar surface area (TPSA) is 35.9 Å². The lowest BCUT2D eigenvalue weighted by Gasteiger charge is -2.30. The van der Waals surface area contributed by atoms with Gasteiger partial charge in [0.25, 0.3) is 0 Å². The van der Waals surface area contributed by atoms with Crippen molar-refractivity contribution in [3.05, 3.63) is 29.8 Å². The van der Waals surface area contributed by atoms with E-state index in [-0.39, 0.29) is 0 Å². The summed E-state index contributed by atoms with van der Waals surface area (Å²) in [5, 5.41) is 10.6. The van der Waals surface area contributed by atoms with Crippen LogP contribution in [0.2, 0.25) is 0 Å². The van der Waals surface area contributed by atoms with E-state index in [1.807, 2.05) is 31.2 Å². The number of hydrogen-bond donors (Lipinski definition) is 1. The minimum Gasteiger partial charge on any atom is -0.493 e. The molecule has 1 saturated heterocycles. The lowest BCUT2D eigenvalue weighted by atomic mass is 10.1. The number of ether oxygens (including phenoxy) is 1. The van der Waals surface area contributed by atoms with Gasteiger partial charge in [-0.25, -0.2) is 0 Å². The zero-order valence-corrected chi connectivity index (χ0v) is 13.5. The molecule has 4 heteroatoms. The molecule has 0 aromatic heterocycles. The molecule has 0 radical (unpaired) electrons. The lowest BCUT2D eigenvalue weighted by molar-refractivity contribution is 0.0897. The van der Waals surface area contributed by atoms with Crippen molar-refractivity contribution < 1.29 is 9.84 Å². The maximum absolute atomic E-state index is 10.6. The van der Waals surface area contributed by atoms with Gasteiger partial charge in [0.05, 0.1) is 12.7 Å². The quantitative estimate of drug-likeness (QED) is 0.902. The molecule has 2 atom stereocenters. The fourth-order valence-electron chi connectivity index (χ4n) is 3.06. The molecule has 1 aliphatic heterocycles. The van der Waals surface area contributed by atoms with Crippen LogP contribution >= 0.6 is 0 Å². The molecule has 21 heavy (non-hydrogen) atoms. The number of para-hydroxylation sites is 1. The van der Waals surface area contributed by atoms with Crippen molar-refractivity contribution in [2.75, 3.05) is 39.8 Å². The molecule has 0 bridgehead atoms. The highest BCUT2D eigenvalue weighted by Gasteiger charge is 2.23. The van der Waals surface area contributed by atoms with Gasteiger partial charge in [-0.15, -0.1) is 0 Å². The number of likely N-dealkylation sites (N-methyl/N-ethyl adjacent to an activating group) is 1. The molecular formula is C17H28N2O2. The van der Waals surface area contributed by atoms with E-state index in [1.165, 1.54) is 0 Å². The van der Waals surface area contributed by atoms with Crippen LogP contribution in [0.5, 0.6) is 5.75 Å². The van der Waals surface area contributed by atoms with Crippen molar-refractivity contribution in [2.24, 2.45) is 0 Å². The molecule has 1 aliphatic rings. The second kappa shape index (κ2) is 7.78. The molecule has 118 valence electrons. The molecular weight excluding hydrogens is 264 g/mol. The Labute approximate surface area is 128 Å². The molecule has 4 nitrogen and oxygen atoms in total. The highest BCUT2D eigenvalue weighted by Crippen LogP contribution is 2.26. The van der Waals surface area contributed by atoms with Crippen molar-refractivity contribution in [2.45, 2.75) is 32.4 Å². The Bertz CT molecular complexity index is 439. The van der Waals surface area contributed by atoms with E-state index in [2.05, 4.69) is 23.8 Å². The average molecular weight is 292 g/mol. The summed E-state index contributed by atoms with van der Waals surface area (Å²) >= 11 is 0. The maximum atomic E-state index is 10.6. The predicted molar refractivity (Wildman–Crippen MR) is 85.7 cm³/mol. The van der Waals surface area contributed by atoms with Crippen molar-refractivity contribution in [3.8, 4) is 5.75 Å². The summed E-state index contributed by atoms with van der Waals surface area (Å²) in [4.78, 5) is 4.75. The third kappa shape index (κ3) is 4.43. The van der Waals surface area contributed by atoms with Gasteiger partial charge in [0, 0.05) is 24.7 Å². The monoisotopic (exact) mass is 292 g/mol. The first-order valence-electron chi connectivity index (χ1n) is 7.94. The van der Waals surface area contributed by atoms with Gasteiger partial charge in [-0.3, -0.25) is 4.90 Å². The summed E-state index contributed by atoms with van der Waals surface area (Å²) < 4.78 is 5.63. The summed E-state index contributed by atoms with van der Waals surface area (Å²) in [6.07, 6.45) is 0.652. The molecule has 1 fully saturated rings. The van der Waals surface area contributed by atoms with Crippen LogP contribution in [0.1, 0.15) is 31.9 Å². The first kappa shape index (κ1) is 16.3. The summed E-state index contributed by atoms with van der Waals surface area (Å²) in [6, 6.07) is 8.27. The molecule has 1 aromatic carbocycles. The first-order valence-corrected chi connectivity index (χ1v) is 7.94. The van der Waals surface area contributed by atoms with Crippen LogP contribution in [0.4, 0.5) is 0 Å². The number of benzene rings is 1. The zero-order valence-electron chi connectivity index (χ0n) is 13.5. The third-order valence-electron chi connectivity index (χ3n) is 4.17. The molecule has 0 saturated carbocycles. The predicted octanol–water partition coefficient (Wildman–Crippen LogP) is 2.14. The van der Waals surface area contributed by atoms with Crippen LogP contribution in [0, 0.1) is 0 Å². The third-order valence-corrected chi connectivity index (χ3v) is 4.17. The van der Waals surface area contributed by atoms with Gasteiger partial charge in [-0.2, -0.15) is 0 Å². The molecule has 0 amide bonds. The van der Waals surface area contributed by atoms with Crippen molar-refractivity contribution >= 4 is 0 Å². The lowest BCUT2D eigenvalue weighted by Crippen LogP contribution is -2.40. The van der Waals surface area contributed by atoms with Gasteiger partial charge in [0.1, 0.15) is 5.75 Å². The number of aliphatic hydroxyl groups is 1. The van der Waals surface area contributed by atoms with Crippen molar-refractivity contribution in [1.29, 1.82) is 0 Å². The Hall–Kier alpha value is -1.10. The molecule has 1 N–H and O–H groups in total. The van der Waals surface area contributed by atoms with Crippen LogP contribution in [-0.2, 0) is 0 Å². The van der Waals surface area contributed by atoms with Gasteiger partial charge < -0.3 is 14.7 Å². The van der Waals surface area contributed by atoms with Gasteiger partial charge in [0.15, 0.2) is 0 Å². The molecule has 2 unspecified atom stereocenters. The van der Waals surface area contributed by atoms with Crippen LogP contribution in [-0.4, -0.2) is 60.8 Å². The van der Waals surface area contributed by atoms with Gasteiger partial charge in [-0.1, -0.05) is 18.2 Å². The van der Waals surface area contributed by atoms with Crippen molar-refractivity contribution in [1.82, 2.24) is 9.80 Å². The van der Waals surface area contributed by atoms with E-state index in [0.717, 1.165) is 37.4 Å². The number of aliphatic hydroxyl groups excluding tert-OH is 1. The van der Waals surface area contributed by atoms with Gasteiger partial charge >= 0.3 is 0 Å². The first-order chi connectivity index (χ1) is 10.1. The summed E-state index contributed by atoms with van der Waals surface area (Å²) in [6.45, 7) is 8.72. The Morgan fingerprint density at radius 3 is 2.86 bits per heavy atom. The van der Waals surface area contributed by atoms with Crippen LogP contribution in [0.3, 0.4) is 0 Å². The molecule has 0 aliphatic carbocycles. The van der Waals surface area contributed by atoms with Crippen LogP contribution in [0.25, 0.3) is 0 Å². The summed E-state index contributed by atoms with van der Waals surface area (Å²) in [5.41, 5.74) is 0.893. The number of hydrogen-bond acceptors (Lipinski definition) is 4. The fraction of sp³-hybridized carbons (Fsp3) is 0.647. The Kier molecular flexibility index (Phi) is 6.03. The van der Waals surface area contributed by atoms with Crippen LogP contribution in [0.15, 0.2) is 24.3 Å². The maximum Gasteiger partial charge on any atom is 0.125 e. The number of rotatable bonds is 5. The van der Waals surface area contributed by atoms with E-state index in [0.29, 0.717) is 19.2 Å². The van der Waals surface area contributed by atoms with E-state index >= 15 is 0 Å². The largest absolute Gasteiger partial charge is 0.493 e. The summed E-state index contributed by atoms with van der Waals surface area (Å²) in [7, 11) is 2.17. The Balaban J connectivity index is 2.05. The molecule has 1 heterocycles. The van der Waals surface area contributed by atoms with Gasteiger partial charge in [0.2, 0.25) is 0 Å². The molecule has 1 aromatic rings. The Morgan fingerprint density at radius 1 is 1.33 bits per heavy atom. The normalized spacial score (nSPS) is 22.8. The zero-order chi connectivity index (χ0) is 15.2. The molecule has 2 rings (SSSR count). The number of β-amino-alcohol motifs (C(OH)–C–C–N with tert-alkyl or cyclic N) is 1. The standard InChI is InChI=1S/C17H28N2O2/c1-4-21-17-9-6-5-8-15(17)16(20)13-19-11-7-10-18(3)12-14(19)2/h5-6,8-9,14,16,20H,4,7,10-13H2,1-3H3. The van der Waals surface area contributed by atoms with E-state index in [1.54, 1.807) is 0 Å². The summed E-state index contributed by atoms with van der Waals surface area (Å²) in [5.74, 6) is 0.798. The average Bonchev–Trinajstić information content (AvgIpc) is 2.61. The minimum atomic E-state index is -0.501. The highest BCUT2D eigenvalue weighted by molar-refractivity contribution is 5.35. The smallest absolute Gasteiger partial charge is 0.125 e. The fourth-order valence-corrected chi connectivity index (χ4v) is 3.06. The SMILES string of the molecule is CCOc1ccccc1C(O)CN1CCCN(C)CC1C. The highest BCUT2D eigenvalue weighted by atomic mass is 16.5. The second-order valence-corrected chi connectivity index (χ2v) is 5.95. The van der Waals surface area contributed by atoms with E-state index < -0.39 is 6.10 Å². The van der Waals surface area contributed by atoms with E-state index in [4.69, 9.17) is 4.74 Å².